The van der Waals surface area contributed by atoms with Gasteiger partial charge in [0.15, 0.2) is 0 Å². The van der Waals surface area contributed by atoms with Crippen molar-refractivity contribution in [2.45, 2.75) is 19.4 Å². The molecule has 3 rings (SSSR count). The molecule has 0 N–H and O–H groups in total. The van der Waals surface area contributed by atoms with Crippen LogP contribution in [0.3, 0.4) is 0 Å². The van der Waals surface area contributed by atoms with Gasteiger partial charge in [-0.1, -0.05) is 23.5 Å². The lowest BCUT2D eigenvalue weighted by atomic mass is 10.1. The molecule has 1 aliphatic heterocycles. The maximum Gasteiger partial charge on any atom is 0.128 e. The van der Waals surface area contributed by atoms with Crippen molar-refractivity contribution in [3.05, 3.63) is 29.1 Å². The molecule has 0 bridgehead atoms. The van der Waals surface area contributed by atoms with Crippen LogP contribution in [0.2, 0.25) is 0 Å². The van der Waals surface area contributed by atoms with Crippen LogP contribution < -0.4 is 4.74 Å². The molecule has 0 spiro atoms. The summed E-state index contributed by atoms with van der Waals surface area (Å²) in [6.45, 7) is 3.52. The third-order valence-corrected chi connectivity index (χ3v) is 3.71. The van der Waals surface area contributed by atoms with Crippen LogP contribution in [0, 0.1) is 0 Å². The number of aryl methyl sites for hydroxylation is 1. The molecule has 5 heteroatoms. The molecule has 1 aliphatic rings. The standard InChI is InChI=1S/C13H14N2O2S/c1-2-12-13(14-15-18-12)10-5-3-4-6-11(10)17-8-9-7-16-9/h3-6,9H,2,7-8H2,1H3. The van der Waals surface area contributed by atoms with E-state index in [2.05, 4.69) is 16.5 Å². The van der Waals surface area contributed by atoms with Gasteiger partial charge in [-0.15, -0.1) is 5.10 Å². The minimum atomic E-state index is 0.261. The zero-order valence-electron chi connectivity index (χ0n) is 10.1. The third-order valence-electron chi connectivity index (χ3n) is 2.85. The Kier molecular flexibility index (Phi) is 3.25. The maximum absolute atomic E-state index is 5.80. The van der Waals surface area contributed by atoms with Gasteiger partial charge in [0.25, 0.3) is 0 Å². The summed E-state index contributed by atoms with van der Waals surface area (Å²) in [6.07, 6.45) is 1.20. The molecule has 4 nitrogen and oxygen atoms in total. The first-order valence-corrected chi connectivity index (χ1v) is 6.81. The average Bonchev–Trinajstić information content (AvgIpc) is 3.12. The molecule has 0 saturated carbocycles. The van der Waals surface area contributed by atoms with Gasteiger partial charge in [0, 0.05) is 5.56 Å². The van der Waals surface area contributed by atoms with Crippen molar-refractivity contribution in [3.8, 4) is 17.0 Å². The number of para-hydroxylation sites is 1. The number of hydrogen-bond donors (Lipinski definition) is 0. The normalized spacial score (nSPS) is 17.7. The number of hydrogen-bond acceptors (Lipinski definition) is 5. The van der Waals surface area contributed by atoms with Gasteiger partial charge in [-0.25, -0.2) is 0 Å². The van der Waals surface area contributed by atoms with Crippen molar-refractivity contribution in [1.82, 2.24) is 9.59 Å². The maximum atomic E-state index is 5.80. The Labute approximate surface area is 110 Å². The van der Waals surface area contributed by atoms with Crippen molar-refractivity contribution in [2.75, 3.05) is 13.2 Å². The number of rotatable bonds is 5. The summed E-state index contributed by atoms with van der Waals surface area (Å²) in [5.74, 6) is 0.857. The van der Waals surface area contributed by atoms with Crippen LogP contribution >= 0.6 is 11.5 Å². The summed E-state index contributed by atoms with van der Waals surface area (Å²) < 4.78 is 15.0. The Morgan fingerprint density at radius 2 is 2.28 bits per heavy atom. The van der Waals surface area contributed by atoms with Crippen LogP contribution in [0.1, 0.15) is 11.8 Å². The van der Waals surface area contributed by atoms with Crippen LogP contribution in [0.4, 0.5) is 0 Å². The van der Waals surface area contributed by atoms with E-state index in [4.69, 9.17) is 9.47 Å². The molecule has 2 aromatic rings. The summed E-state index contributed by atoms with van der Waals surface area (Å²) in [6, 6.07) is 7.96. The number of epoxide rings is 1. The van der Waals surface area contributed by atoms with Gasteiger partial charge in [-0.3, -0.25) is 0 Å². The highest BCUT2D eigenvalue weighted by Crippen LogP contribution is 2.32. The predicted molar refractivity (Wildman–Crippen MR) is 70.0 cm³/mol. The van der Waals surface area contributed by atoms with Crippen molar-refractivity contribution >= 4 is 11.5 Å². The monoisotopic (exact) mass is 262 g/mol. The molecule has 94 valence electrons. The second-order valence-electron chi connectivity index (χ2n) is 4.16. The summed E-state index contributed by atoms with van der Waals surface area (Å²) in [7, 11) is 0. The van der Waals surface area contributed by atoms with E-state index in [1.807, 2.05) is 24.3 Å². The van der Waals surface area contributed by atoms with Crippen molar-refractivity contribution in [2.24, 2.45) is 0 Å². The molecule has 0 amide bonds. The van der Waals surface area contributed by atoms with Crippen LogP contribution in [0.5, 0.6) is 5.75 Å². The van der Waals surface area contributed by atoms with Crippen LogP contribution in [-0.4, -0.2) is 28.9 Å². The van der Waals surface area contributed by atoms with Gasteiger partial charge in [0.05, 0.1) is 11.5 Å². The molecule has 1 unspecified atom stereocenters. The Hall–Kier alpha value is -1.46. The second-order valence-corrected chi connectivity index (χ2v) is 5.00. The first kappa shape index (κ1) is 11.6. The number of ether oxygens (including phenoxy) is 2. The molecular weight excluding hydrogens is 248 g/mol. The summed E-state index contributed by atoms with van der Waals surface area (Å²) in [5.41, 5.74) is 1.96. The number of benzene rings is 1. The lowest BCUT2D eigenvalue weighted by molar-refractivity contribution is 0.264. The SMILES string of the molecule is CCc1snnc1-c1ccccc1OCC1CO1. The molecule has 1 aromatic carbocycles. The highest BCUT2D eigenvalue weighted by Gasteiger charge is 2.24. The largest absolute Gasteiger partial charge is 0.490 e. The molecule has 1 aromatic heterocycles. The van der Waals surface area contributed by atoms with E-state index in [0.29, 0.717) is 6.61 Å². The van der Waals surface area contributed by atoms with E-state index in [1.54, 1.807) is 0 Å². The zero-order valence-corrected chi connectivity index (χ0v) is 10.9. The summed E-state index contributed by atoms with van der Waals surface area (Å²) in [4.78, 5) is 1.19. The van der Waals surface area contributed by atoms with E-state index in [0.717, 1.165) is 30.0 Å². The fraction of sp³-hybridized carbons (Fsp3) is 0.385. The molecule has 0 aliphatic carbocycles. The highest BCUT2D eigenvalue weighted by atomic mass is 32.1. The van der Waals surface area contributed by atoms with Crippen LogP contribution in [0.25, 0.3) is 11.3 Å². The van der Waals surface area contributed by atoms with Gasteiger partial charge < -0.3 is 9.47 Å². The van der Waals surface area contributed by atoms with E-state index in [9.17, 15) is 0 Å². The van der Waals surface area contributed by atoms with Crippen molar-refractivity contribution in [1.29, 1.82) is 0 Å². The van der Waals surface area contributed by atoms with Gasteiger partial charge in [-0.05, 0) is 30.1 Å². The Bertz CT molecular complexity index is 537. The summed E-state index contributed by atoms with van der Waals surface area (Å²) in [5, 5.41) is 4.22. The number of nitrogens with zero attached hydrogens (tertiary/aromatic N) is 2. The van der Waals surface area contributed by atoms with Crippen molar-refractivity contribution < 1.29 is 9.47 Å². The Morgan fingerprint density at radius 1 is 1.44 bits per heavy atom. The Balaban J connectivity index is 1.89. The van der Waals surface area contributed by atoms with Crippen molar-refractivity contribution in [3.63, 3.8) is 0 Å². The fourth-order valence-electron chi connectivity index (χ4n) is 1.78. The van der Waals surface area contributed by atoms with Crippen LogP contribution in [0.15, 0.2) is 24.3 Å². The highest BCUT2D eigenvalue weighted by molar-refractivity contribution is 7.05. The minimum absolute atomic E-state index is 0.261. The third kappa shape index (κ3) is 2.37. The molecule has 2 heterocycles. The lowest BCUT2D eigenvalue weighted by Gasteiger charge is -2.09. The Morgan fingerprint density at radius 3 is 3.06 bits per heavy atom. The van der Waals surface area contributed by atoms with Gasteiger partial charge >= 0.3 is 0 Å². The minimum Gasteiger partial charge on any atom is -0.490 e. The fourth-order valence-corrected chi connectivity index (χ4v) is 2.37. The molecular formula is C13H14N2O2S. The average molecular weight is 262 g/mol. The van der Waals surface area contributed by atoms with E-state index in [-0.39, 0.29) is 6.10 Å². The lowest BCUT2D eigenvalue weighted by Crippen LogP contribution is -2.05. The van der Waals surface area contributed by atoms with E-state index >= 15 is 0 Å². The second kappa shape index (κ2) is 5.04. The van der Waals surface area contributed by atoms with Gasteiger partial charge in [0.2, 0.25) is 0 Å². The molecule has 1 saturated heterocycles. The zero-order chi connectivity index (χ0) is 12.4. The quantitative estimate of drug-likeness (QED) is 0.777. The van der Waals surface area contributed by atoms with Gasteiger partial charge in [0.1, 0.15) is 24.2 Å². The van der Waals surface area contributed by atoms with E-state index < -0.39 is 0 Å². The molecule has 1 fully saturated rings. The molecule has 0 radical (unpaired) electrons. The molecule has 18 heavy (non-hydrogen) atoms. The summed E-state index contributed by atoms with van der Waals surface area (Å²) >= 11 is 1.45. The molecule has 1 atom stereocenters. The first-order chi connectivity index (χ1) is 8.88. The van der Waals surface area contributed by atoms with Crippen LogP contribution in [-0.2, 0) is 11.2 Å². The smallest absolute Gasteiger partial charge is 0.128 e. The predicted octanol–water partition coefficient (Wildman–Crippen LogP) is 2.55. The topological polar surface area (TPSA) is 47.5 Å². The van der Waals surface area contributed by atoms with E-state index in [1.165, 1.54) is 16.4 Å². The van der Waals surface area contributed by atoms with Gasteiger partial charge in [-0.2, -0.15) is 0 Å². The first-order valence-electron chi connectivity index (χ1n) is 6.03. The number of aromatic nitrogens is 2.